The van der Waals surface area contributed by atoms with E-state index in [4.69, 9.17) is 4.74 Å². The van der Waals surface area contributed by atoms with Crippen LogP contribution in [0.25, 0.3) is 0 Å². The van der Waals surface area contributed by atoms with Gasteiger partial charge in [0.2, 0.25) is 5.91 Å². The first-order chi connectivity index (χ1) is 34.0. The highest BCUT2D eigenvalue weighted by Gasteiger charge is 2.19. The fraction of sp³-hybridized carbons (Fsp3) is 0.841. The summed E-state index contributed by atoms with van der Waals surface area (Å²) in [4.78, 5) is 24.6. The van der Waals surface area contributed by atoms with Crippen molar-refractivity contribution >= 4 is 11.9 Å². The Morgan fingerprint density at radius 2 is 0.739 bits per heavy atom. The van der Waals surface area contributed by atoms with Gasteiger partial charge in [0.25, 0.3) is 0 Å². The van der Waals surface area contributed by atoms with E-state index in [1.54, 1.807) is 0 Å². The molecule has 0 aliphatic heterocycles. The number of allylic oxidation sites excluding steroid dienone is 8. The Labute approximate surface area is 429 Å². The van der Waals surface area contributed by atoms with Crippen molar-refractivity contribution < 1.29 is 24.5 Å². The van der Waals surface area contributed by atoms with Crippen LogP contribution < -0.4 is 5.32 Å². The van der Waals surface area contributed by atoms with Crippen LogP contribution in [0.1, 0.15) is 316 Å². The van der Waals surface area contributed by atoms with Gasteiger partial charge in [-0.3, -0.25) is 9.59 Å². The van der Waals surface area contributed by atoms with Gasteiger partial charge >= 0.3 is 5.97 Å². The molecule has 2 atom stereocenters. The van der Waals surface area contributed by atoms with Gasteiger partial charge in [0.15, 0.2) is 0 Å². The molecular formula is C63H117NO5. The summed E-state index contributed by atoms with van der Waals surface area (Å²) >= 11 is 0. The van der Waals surface area contributed by atoms with E-state index < -0.39 is 12.1 Å². The molecule has 0 aliphatic rings. The van der Waals surface area contributed by atoms with Crippen LogP contribution in [0.3, 0.4) is 0 Å². The SMILES string of the molecule is CCCCC/C=C\C/C=C\CCCCCCCCCCCC(=O)OCCCCCCCC/C=C\C/C=C\CCC(=O)NC(CO)C(O)CCCCCCCCCCCCCCCCCCCCCC. The van der Waals surface area contributed by atoms with Crippen LogP contribution >= 0.6 is 0 Å². The first-order valence-electron chi connectivity index (χ1n) is 30.4. The van der Waals surface area contributed by atoms with Crippen molar-refractivity contribution in [1.82, 2.24) is 5.32 Å². The van der Waals surface area contributed by atoms with E-state index in [-0.39, 0.29) is 18.5 Å². The molecule has 0 aromatic heterocycles. The molecule has 0 spiro atoms. The summed E-state index contributed by atoms with van der Waals surface area (Å²) in [5, 5.41) is 23.3. The third kappa shape index (κ3) is 55.0. The first-order valence-corrected chi connectivity index (χ1v) is 30.4. The van der Waals surface area contributed by atoms with E-state index in [0.717, 1.165) is 57.8 Å². The molecule has 0 aromatic carbocycles. The van der Waals surface area contributed by atoms with Gasteiger partial charge < -0.3 is 20.3 Å². The Morgan fingerprint density at radius 3 is 1.16 bits per heavy atom. The minimum Gasteiger partial charge on any atom is -0.466 e. The fourth-order valence-electron chi connectivity index (χ4n) is 9.19. The highest BCUT2D eigenvalue weighted by atomic mass is 16.5. The first kappa shape index (κ1) is 66.8. The largest absolute Gasteiger partial charge is 0.466 e. The number of carbonyl (C=O) groups excluding carboxylic acids is 2. The molecule has 0 saturated heterocycles. The molecule has 404 valence electrons. The van der Waals surface area contributed by atoms with Gasteiger partial charge in [0.1, 0.15) is 0 Å². The molecule has 2 unspecified atom stereocenters. The zero-order valence-electron chi connectivity index (χ0n) is 46.0. The van der Waals surface area contributed by atoms with Crippen LogP contribution in [0.15, 0.2) is 48.6 Å². The lowest BCUT2D eigenvalue weighted by Gasteiger charge is -2.22. The summed E-state index contributed by atoms with van der Waals surface area (Å²) in [6, 6.07) is -0.588. The van der Waals surface area contributed by atoms with Crippen LogP contribution in [0.2, 0.25) is 0 Å². The highest BCUT2D eigenvalue weighted by Crippen LogP contribution is 2.17. The normalized spacial score (nSPS) is 12.9. The van der Waals surface area contributed by atoms with E-state index in [0.29, 0.717) is 32.3 Å². The molecule has 0 fully saturated rings. The number of rotatable bonds is 56. The number of carbonyl (C=O) groups is 2. The maximum atomic E-state index is 12.5. The van der Waals surface area contributed by atoms with Crippen LogP contribution in [-0.2, 0) is 14.3 Å². The number of nitrogens with one attached hydrogen (secondary N) is 1. The average molecular weight is 969 g/mol. The van der Waals surface area contributed by atoms with Crippen molar-refractivity contribution in [3.8, 4) is 0 Å². The Morgan fingerprint density at radius 1 is 0.406 bits per heavy atom. The molecule has 0 heterocycles. The second kappa shape index (κ2) is 58.4. The average Bonchev–Trinajstić information content (AvgIpc) is 3.35. The molecule has 0 bridgehead atoms. The van der Waals surface area contributed by atoms with E-state index in [1.807, 2.05) is 6.08 Å². The van der Waals surface area contributed by atoms with Crippen LogP contribution in [0, 0.1) is 0 Å². The molecule has 0 aromatic rings. The van der Waals surface area contributed by atoms with Crippen molar-refractivity contribution in [3.63, 3.8) is 0 Å². The maximum absolute atomic E-state index is 12.5. The van der Waals surface area contributed by atoms with Gasteiger partial charge in [-0.2, -0.15) is 0 Å². The molecule has 1 amide bonds. The summed E-state index contributed by atoms with van der Waals surface area (Å²) in [6.45, 7) is 4.88. The van der Waals surface area contributed by atoms with Crippen molar-refractivity contribution in [3.05, 3.63) is 48.6 Å². The molecule has 3 N–H and O–H groups in total. The van der Waals surface area contributed by atoms with Gasteiger partial charge in [0, 0.05) is 12.8 Å². The van der Waals surface area contributed by atoms with Crippen LogP contribution in [0.5, 0.6) is 0 Å². The van der Waals surface area contributed by atoms with E-state index in [1.165, 1.54) is 218 Å². The number of aliphatic hydroxyl groups is 2. The number of esters is 1. The van der Waals surface area contributed by atoms with Crippen molar-refractivity contribution in [1.29, 1.82) is 0 Å². The zero-order chi connectivity index (χ0) is 50.0. The summed E-state index contributed by atoms with van der Waals surface area (Å²) < 4.78 is 5.47. The van der Waals surface area contributed by atoms with Crippen molar-refractivity contribution in [2.75, 3.05) is 13.2 Å². The minimum absolute atomic E-state index is 0.0206. The lowest BCUT2D eigenvalue weighted by atomic mass is 10.0. The molecular weight excluding hydrogens is 851 g/mol. The number of unbranched alkanes of at least 4 members (excludes halogenated alkanes) is 37. The van der Waals surface area contributed by atoms with Crippen LogP contribution in [0.4, 0.5) is 0 Å². The molecule has 0 radical (unpaired) electrons. The fourth-order valence-corrected chi connectivity index (χ4v) is 9.19. The lowest BCUT2D eigenvalue weighted by Crippen LogP contribution is -2.45. The molecule has 69 heavy (non-hydrogen) atoms. The van der Waals surface area contributed by atoms with E-state index >= 15 is 0 Å². The van der Waals surface area contributed by atoms with Gasteiger partial charge in [-0.1, -0.05) is 274 Å². The van der Waals surface area contributed by atoms with Gasteiger partial charge in [-0.05, 0) is 77.0 Å². The molecule has 0 saturated carbocycles. The predicted molar refractivity (Wildman–Crippen MR) is 301 cm³/mol. The topological polar surface area (TPSA) is 95.9 Å². The molecule has 0 aliphatic carbocycles. The van der Waals surface area contributed by atoms with Crippen molar-refractivity contribution in [2.45, 2.75) is 328 Å². The number of hydrogen-bond donors (Lipinski definition) is 3. The summed E-state index contributed by atoms with van der Waals surface area (Å²) in [5.41, 5.74) is 0. The van der Waals surface area contributed by atoms with E-state index in [9.17, 15) is 19.8 Å². The Kier molecular flexibility index (Phi) is 56.5. The highest BCUT2D eigenvalue weighted by molar-refractivity contribution is 5.76. The second-order valence-corrected chi connectivity index (χ2v) is 20.7. The lowest BCUT2D eigenvalue weighted by molar-refractivity contribution is -0.143. The third-order valence-corrected chi connectivity index (χ3v) is 13.9. The maximum Gasteiger partial charge on any atom is 0.305 e. The Balaban J connectivity index is 3.53. The number of aliphatic hydroxyl groups excluding tert-OH is 2. The Bertz CT molecular complexity index is 1160. The third-order valence-electron chi connectivity index (χ3n) is 13.9. The van der Waals surface area contributed by atoms with Gasteiger partial charge in [-0.15, -0.1) is 0 Å². The number of ether oxygens (including phenoxy) is 1. The minimum atomic E-state index is -0.701. The second-order valence-electron chi connectivity index (χ2n) is 20.7. The molecule has 6 heteroatoms. The Hall–Kier alpha value is -2.18. The van der Waals surface area contributed by atoms with Crippen LogP contribution in [-0.4, -0.2) is 47.4 Å². The summed E-state index contributed by atoms with van der Waals surface area (Å²) in [5.74, 6) is -0.135. The molecule has 6 nitrogen and oxygen atoms in total. The summed E-state index contributed by atoms with van der Waals surface area (Å²) in [6.07, 6.45) is 74.1. The van der Waals surface area contributed by atoms with Crippen molar-refractivity contribution in [2.24, 2.45) is 0 Å². The quantitative estimate of drug-likeness (QED) is 0.0321. The van der Waals surface area contributed by atoms with E-state index in [2.05, 4.69) is 61.7 Å². The number of hydrogen-bond acceptors (Lipinski definition) is 5. The standard InChI is InChI=1S/C63H117NO5/c1-3-5-7-9-11-13-15-17-19-21-23-25-26-28-31-35-39-43-47-51-55-61(66)60(59-65)64-62(67)56-52-48-44-40-36-32-30-34-38-42-46-50-54-58-69-63(68)57-53-49-45-41-37-33-29-27-24-22-20-18-16-14-12-10-8-6-4-2/h12,14,18,20,32,36,44,48,60-61,65-66H,3-11,13,15-17,19,21-31,33-35,37-43,45-47,49-59H2,1-2H3,(H,64,67)/b14-12-,20-18-,36-32-,48-44-. The zero-order valence-corrected chi connectivity index (χ0v) is 46.0. The van der Waals surface area contributed by atoms with Gasteiger partial charge in [-0.25, -0.2) is 0 Å². The molecule has 0 rings (SSSR count). The smallest absolute Gasteiger partial charge is 0.305 e. The van der Waals surface area contributed by atoms with Gasteiger partial charge in [0.05, 0.1) is 25.4 Å². The monoisotopic (exact) mass is 968 g/mol. The summed E-state index contributed by atoms with van der Waals surface area (Å²) in [7, 11) is 0. The predicted octanol–water partition coefficient (Wildman–Crippen LogP) is 19.0. The number of amides is 1.